The summed E-state index contributed by atoms with van der Waals surface area (Å²) in [4.78, 5) is 14.0. The van der Waals surface area contributed by atoms with Crippen molar-refractivity contribution in [1.29, 1.82) is 0 Å². The van der Waals surface area contributed by atoms with Gasteiger partial charge >= 0.3 is 6.18 Å². The van der Waals surface area contributed by atoms with Gasteiger partial charge in [-0.25, -0.2) is 14.5 Å². The van der Waals surface area contributed by atoms with Crippen LogP contribution >= 0.6 is 0 Å². The summed E-state index contributed by atoms with van der Waals surface area (Å²) in [6.07, 6.45) is 1.11. The van der Waals surface area contributed by atoms with Gasteiger partial charge in [0.15, 0.2) is 0 Å². The molecule has 0 radical (unpaired) electrons. The zero-order chi connectivity index (χ0) is 19.3. The normalized spacial score (nSPS) is 17.1. The maximum Gasteiger partial charge on any atom is 0.418 e. The van der Waals surface area contributed by atoms with E-state index in [1.165, 1.54) is 22.8 Å². The first-order valence-electron chi connectivity index (χ1n) is 8.77. The topological polar surface area (TPSA) is 62.1 Å². The van der Waals surface area contributed by atoms with Crippen molar-refractivity contribution in [3.8, 4) is 0 Å². The third-order valence-corrected chi connectivity index (χ3v) is 4.97. The fraction of sp³-hybridized carbons (Fsp3) is 0.211. The van der Waals surface area contributed by atoms with E-state index in [-0.39, 0.29) is 5.52 Å². The number of halogens is 3. The van der Waals surface area contributed by atoms with Crippen molar-refractivity contribution in [2.24, 2.45) is 0 Å². The number of nitrogens with zero attached hydrogens (tertiary/aromatic N) is 5. The number of aromatic nitrogens is 5. The van der Waals surface area contributed by atoms with Crippen LogP contribution in [-0.2, 0) is 12.6 Å². The lowest BCUT2D eigenvalue weighted by atomic mass is 9.99. The largest absolute Gasteiger partial charge is 0.418 e. The fourth-order valence-electron chi connectivity index (χ4n) is 3.75. The van der Waals surface area contributed by atoms with Crippen LogP contribution in [0.3, 0.4) is 0 Å². The molecule has 0 fully saturated rings. The molecule has 0 saturated heterocycles. The average molecular weight is 384 g/mol. The quantitative estimate of drug-likeness (QED) is 0.573. The smallest absolute Gasteiger partial charge is 0.348 e. The van der Waals surface area contributed by atoms with Gasteiger partial charge in [0.25, 0.3) is 0 Å². The molecule has 0 aromatic carbocycles. The Labute approximate surface area is 157 Å². The lowest BCUT2D eigenvalue weighted by Crippen LogP contribution is -2.37. The van der Waals surface area contributed by atoms with Crippen LogP contribution in [0.4, 0.5) is 19.0 Å². The van der Waals surface area contributed by atoms with Crippen molar-refractivity contribution < 1.29 is 13.2 Å². The minimum absolute atomic E-state index is 0.0219. The molecule has 4 aromatic rings. The fourth-order valence-corrected chi connectivity index (χ4v) is 3.75. The van der Waals surface area contributed by atoms with Gasteiger partial charge in [0.1, 0.15) is 11.9 Å². The number of pyridine rings is 2. The third kappa shape index (κ3) is 2.62. The van der Waals surface area contributed by atoms with Crippen molar-refractivity contribution in [1.82, 2.24) is 24.6 Å². The highest BCUT2D eigenvalue weighted by atomic mass is 19.4. The summed E-state index contributed by atoms with van der Waals surface area (Å²) in [7, 11) is 0. The summed E-state index contributed by atoms with van der Waals surface area (Å²) in [5.41, 5.74) is 1.53. The molecule has 0 aliphatic carbocycles. The predicted molar refractivity (Wildman–Crippen MR) is 95.9 cm³/mol. The molecule has 28 heavy (non-hydrogen) atoms. The summed E-state index contributed by atoms with van der Waals surface area (Å²) < 4.78 is 41.5. The number of rotatable bonds is 2. The third-order valence-electron chi connectivity index (χ3n) is 4.97. The Bertz CT molecular complexity index is 1130. The maximum absolute atomic E-state index is 13.4. The molecule has 9 heteroatoms. The Kier molecular flexibility index (Phi) is 3.65. The molecule has 142 valence electrons. The van der Waals surface area contributed by atoms with Crippen molar-refractivity contribution >= 4 is 11.3 Å². The van der Waals surface area contributed by atoms with E-state index in [0.29, 0.717) is 12.2 Å². The predicted octanol–water partition coefficient (Wildman–Crippen LogP) is 3.62. The number of hydrogen-bond acceptors (Lipinski definition) is 4. The zero-order valence-corrected chi connectivity index (χ0v) is 14.6. The number of H-pyrrole nitrogens is 1. The molecule has 0 amide bonds. The van der Waals surface area contributed by atoms with Gasteiger partial charge in [-0.3, -0.25) is 0 Å². The lowest BCUT2D eigenvalue weighted by Gasteiger charge is -2.34. The molecule has 5 rings (SSSR count). The van der Waals surface area contributed by atoms with E-state index in [0.717, 1.165) is 29.7 Å². The summed E-state index contributed by atoms with van der Waals surface area (Å²) in [5.74, 6) is 0.731. The number of nitrogens with one attached hydrogen (secondary N) is 1. The minimum atomic E-state index is -4.45. The number of anilines is 1. The number of fused-ring (bicyclic) bond motifs is 2. The van der Waals surface area contributed by atoms with E-state index < -0.39 is 17.8 Å². The summed E-state index contributed by atoms with van der Waals surface area (Å²) >= 11 is 0. The first kappa shape index (κ1) is 16.8. The van der Waals surface area contributed by atoms with Crippen LogP contribution in [0.1, 0.15) is 28.7 Å². The van der Waals surface area contributed by atoms with Gasteiger partial charge in [-0.05, 0) is 30.3 Å². The lowest BCUT2D eigenvalue weighted by molar-refractivity contribution is -0.136. The molecule has 1 atom stereocenters. The Hall–Kier alpha value is -3.36. The van der Waals surface area contributed by atoms with E-state index >= 15 is 0 Å². The first-order valence-corrected chi connectivity index (χ1v) is 8.77. The van der Waals surface area contributed by atoms with Crippen LogP contribution < -0.4 is 4.90 Å². The second-order valence-electron chi connectivity index (χ2n) is 6.62. The SMILES string of the molecule is FC(F)(F)c1cccn2nc([C@@H]3c4nc[nH]c4CCN3c3ccccn3)cc12. The summed E-state index contributed by atoms with van der Waals surface area (Å²) in [6, 6.07) is 9.07. The van der Waals surface area contributed by atoms with Crippen molar-refractivity contribution in [2.75, 3.05) is 11.4 Å². The van der Waals surface area contributed by atoms with Crippen LogP contribution in [0.5, 0.6) is 0 Å². The Morgan fingerprint density at radius 1 is 1.11 bits per heavy atom. The van der Waals surface area contributed by atoms with E-state index in [1.54, 1.807) is 12.5 Å². The molecular formula is C19H15F3N6. The molecular weight excluding hydrogens is 369 g/mol. The molecule has 6 nitrogen and oxygen atoms in total. The van der Waals surface area contributed by atoms with Gasteiger partial charge < -0.3 is 9.88 Å². The standard InChI is InChI=1S/C19H15F3N6/c20-19(21,22)12-4-3-8-28-15(12)10-14(26-28)18-17-13(24-11-25-17)6-9-27(18)16-5-1-2-7-23-16/h1-5,7-8,10-11,18H,6,9H2,(H,24,25)/t18-/m1/s1. The molecule has 1 aliphatic heterocycles. The highest BCUT2D eigenvalue weighted by molar-refractivity contribution is 5.59. The van der Waals surface area contributed by atoms with Gasteiger partial charge in [0, 0.05) is 31.1 Å². The zero-order valence-electron chi connectivity index (χ0n) is 14.6. The van der Waals surface area contributed by atoms with Crippen LogP contribution in [0, 0.1) is 0 Å². The average Bonchev–Trinajstić information content (AvgIpc) is 3.33. The maximum atomic E-state index is 13.4. The molecule has 0 unspecified atom stereocenters. The second kappa shape index (κ2) is 6.08. The molecule has 1 N–H and O–H groups in total. The first-order chi connectivity index (χ1) is 13.5. The molecule has 0 spiro atoms. The van der Waals surface area contributed by atoms with Gasteiger partial charge in [-0.15, -0.1) is 0 Å². The van der Waals surface area contributed by atoms with Crippen molar-refractivity contribution in [3.05, 3.63) is 77.8 Å². The highest BCUT2D eigenvalue weighted by Gasteiger charge is 2.36. The van der Waals surface area contributed by atoms with Gasteiger partial charge in [0.05, 0.1) is 28.8 Å². The van der Waals surface area contributed by atoms with Gasteiger partial charge in [-0.2, -0.15) is 18.3 Å². The van der Waals surface area contributed by atoms with Crippen molar-refractivity contribution in [2.45, 2.75) is 18.6 Å². The number of hydrogen-bond donors (Lipinski definition) is 1. The van der Waals surface area contributed by atoms with E-state index in [2.05, 4.69) is 20.1 Å². The molecule has 1 aliphatic rings. The molecule has 5 heterocycles. The molecule has 4 aromatic heterocycles. The van der Waals surface area contributed by atoms with E-state index in [4.69, 9.17) is 0 Å². The van der Waals surface area contributed by atoms with Crippen LogP contribution in [0.2, 0.25) is 0 Å². The van der Waals surface area contributed by atoms with Crippen LogP contribution in [0.15, 0.2) is 55.1 Å². The Morgan fingerprint density at radius 2 is 2.00 bits per heavy atom. The van der Waals surface area contributed by atoms with Gasteiger partial charge in [0.2, 0.25) is 0 Å². The van der Waals surface area contributed by atoms with Crippen LogP contribution in [-0.4, -0.2) is 31.1 Å². The van der Waals surface area contributed by atoms with Gasteiger partial charge in [-0.1, -0.05) is 6.07 Å². The Morgan fingerprint density at radius 3 is 2.79 bits per heavy atom. The monoisotopic (exact) mass is 384 g/mol. The molecule has 0 bridgehead atoms. The minimum Gasteiger partial charge on any atom is -0.348 e. The number of alkyl halides is 3. The number of imidazole rings is 1. The van der Waals surface area contributed by atoms with Crippen molar-refractivity contribution in [3.63, 3.8) is 0 Å². The molecule has 0 saturated carbocycles. The second-order valence-corrected chi connectivity index (χ2v) is 6.62. The number of aromatic amines is 1. The van der Waals surface area contributed by atoms with E-state index in [1.807, 2.05) is 23.1 Å². The summed E-state index contributed by atoms with van der Waals surface area (Å²) in [6.45, 7) is 0.650. The van der Waals surface area contributed by atoms with E-state index in [9.17, 15) is 13.2 Å². The van der Waals surface area contributed by atoms with Crippen LogP contribution in [0.25, 0.3) is 5.52 Å². The summed E-state index contributed by atoms with van der Waals surface area (Å²) in [5, 5.41) is 4.46. The highest BCUT2D eigenvalue weighted by Crippen LogP contribution is 2.38. The Balaban J connectivity index is 1.69.